The molecule has 0 saturated heterocycles. The van der Waals surface area contributed by atoms with Crippen LogP contribution in [0.1, 0.15) is 285 Å². The first-order chi connectivity index (χ1) is 38.7. The number of phosphoric acid groups is 2. The van der Waals surface area contributed by atoms with Crippen LogP contribution in [-0.4, -0.2) is 96.7 Å². The summed E-state index contributed by atoms with van der Waals surface area (Å²) < 4.78 is 67.7. The van der Waals surface area contributed by atoms with Crippen molar-refractivity contribution < 1.29 is 80.2 Å². The third-order valence-electron chi connectivity index (χ3n) is 13.5. The van der Waals surface area contributed by atoms with Gasteiger partial charge in [0.1, 0.15) is 19.3 Å². The monoisotopic (exact) mass is 1180 g/mol. The lowest BCUT2D eigenvalue weighted by Gasteiger charge is -2.21. The van der Waals surface area contributed by atoms with E-state index in [4.69, 9.17) is 37.0 Å². The summed E-state index contributed by atoms with van der Waals surface area (Å²) in [6.07, 6.45) is 42.6. The van der Waals surface area contributed by atoms with Crippen LogP contribution in [0.3, 0.4) is 0 Å². The van der Waals surface area contributed by atoms with Gasteiger partial charge in [-0.3, -0.25) is 37.3 Å². The van der Waals surface area contributed by atoms with Crippen molar-refractivity contribution in [2.24, 2.45) is 0 Å². The number of aliphatic hydroxyl groups is 1. The van der Waals surface area contributed by atoms with Gasteiger partial charge in [-0.05, 0) is 51.4 Å². The zero-order valence-electron chi connectivity index (χ0n) is 50.5. The summed E-state index contributed by atoms with van der Waals surface area (Å²) in [6, 6.07) is 0. The Labute approximate surface area is 484 Å². The minimum absolute atomic E-state index is 0.0851. The molecule has 0 radical (unpaired) electrons. The Morgan fingerprint density at radius 1 is 0.350 bits per heavy atom. The van der Waals surface area contributed by atoms with Crippen LogP contribution in [0.25, 0.3) is 0 Å². The van der Waals surface area contributed by atoms with Crippen molar-refractivity contribution in [2.75, 3.05) is 39.6 Å². The summed E-state index contributed by atoms with van der Waals surface area (Å²) in [5, 5.41) is 10.5. The molecule has 2 unspecified atom stereocenters. The summed E-state index contributed by atoms with van der Waals surface area (Å²) in [7, 11) is -9.88. The average Bonchev–Trinajstić information content (AvgIpc) is 3.43. The fourth-order valence-corrected chi connectivity index (χ4v) is 10.1. The van der Waals surface area contributed by atoms with Gasteiger partial charge in [0.15, 0.2) is 12.2 Å². The lowest BCUT2D eigenvalue weighted by atomic mass is 10.1. The first kappa shape index (κ1) is 77.5. The Balaban J connectivity index is 5.23. The second-order valence-electron chi connectivity index (χ2n) is 21.4. The number of ether oxygens (including phenoxy) is 4. The fourth-order valence-electron chi connectivity index (χ4n) is 8.56. The van der Waals surface area contributed by atoms with Gasteiger partial charge < -0.3 is 33.8 Å². The molecule has 0 saturated carbocycles. The van der Waals surface area contributed by atoms with Gasteiger partial charge in [0.25, 0.3) is 0 Å². The van der Waals surface area contributed by atoms with Gasteiger partial charge in [0.2, 0.25) is 0 Å². The zero-order valence-corrected chi connectivity index (χ0v) is 52.3. The largest absolute Gasteiger partial charge is 0.472 e. The van der Waals surface area contributed by atoms with Crippen LogP contribution in [0.2, 0.25) is 0 Å². The molecule has 0 spiro atoms. The standard InChI is InChI=1S/C61H114O17P2/c1-5-9-13-17-21-24-25-26-27-28-29-32-36-40-44-48-61(66)78-57(52-72-59(64)46-42-38-34-30-22-18-14-10-6-2)54-76-80(69,70)74-50-55(62)49-73-79(67,68)75-53-56(51-71-58(63)45-41-37-33-20-16-12-8-4)77-60(65)47-43-39-35-31-23-19-15-11-7-3/h24-27,55-57,62H,5-23,28-54H2,1-4H3,(H,67,68)(H,69,70)/b25-24-,27-26-/t55-,56+,57+/m0/s1. The van der Waals surface area contributed by atoms with Crippen molar-refractivity contribution in [1.29, 1.82) is 0 Å². The second kappa shape index (κ2) is 55.7. The van der Waals surface area contributed by atoms with Crippen LogP contribution in [0.5, 0.6) is 0 Å². The summed E-state index contributed by atoms with van der Waals surface area (Å²) in [5.74, 6) is -2.17. The van der Waals surface area contributed by atoms with Gasteiger partial charge in [-0.15, -0.1) is 0 Å². The van der Waals surface area contributed by atoms with E-state index in [0.717, 1.165) is 116 Å². The number of unbranched alkanes of at least 4 members (excludes halogenated alkanes) is 31. The Hall–Kier alpha value is -2.46. The fraction of sp³-hybridized carbons (Fsp3) is 0.869. The summed E-state index contributed by atoms with van der Waals surface area (Å²) in [4.78, 5) is 71.8. The highest BCUT2D eigenvalue weighted by molar-refractivity contribution is 7.47. The Morgan fingerprint density at radius 3 is 0.912 bits per heavy atom. The van der Waals surface area contributed by atoms with Gasteiger partial charge in [0.05, 0.1) is 26.4 Å². The SMILES string of the molecule is CCCCCC/C=C\C=C/CCCCCCCC(=O)O[C@H](COC(=O)CCCCCCCCCCC)COP(=O)(O)OC[C@@H](O)COP(=O)(O)OC[C@@H](COC(=O)CCCCCCCCC)OC(=O)CCCCCCCCCCC. The van der Waals surface area contributed by atoms with E-state index >= 15 is 0 Å². The molecule has 0 fully saturated rings. The normalized spacial score (nSPS) is 14.4. The van der Waals surface area contributed by atoms with Crippen LogP contribution >= 0.6 is 15.6 Å². The molecule has 0 aliphatic heterocycles. The van der Waals surface area contributed by atoms with Crippen LogP contribution in [0, 0.1) is 0 Å². The van der Waals surface area contributed by atoms with E-state index < -0.39 is 97.5 Å². The maximum Gasteiger partial charge on any atom is 0.472 e. The molecule has 17 nitrogen and oxygen atoms in total. The third kappa shape index (κ3) is 54.8. The number of hydrogen-bond acceptors (Lipinski definition) is 15. The Morgan fingerprint density at radius 2 is 0.600 bits per heavy atom. The number of carbonyl (C=O) groups excluding carboxylic acids is 4. The number of phosphoric ester groups is 2. The maximum atomic E-state index is 12.9. The van der Waals surface area contributed by atoms with E-state index in [9.17, 15) is 43.2 Å². The predicted octanol–water partition coefficient (Wildman–Crippen LogP) is 16.3. The molecular formula is C61H114O17P2. The Bertz CT molecular complexity index is 1640. The molecule has 0 aliphatic carbocycles. The quantitative estimate of drug-likeness (QED) is 0.0169. The molecule has 19 heteroatoms. The van der Waals surface area contributed by atoms with Crippen LogP contribution in [-0.2, 0) is 65.4 Å². The number of carbonyl (C=O) groups is 4. The Kier molecular flexibility index (Phi) is 54.0. The van der Waals surface area contributed by atoms with Crippen molar-refractivity contribution >= 4 is 39.5 Å². The molecule has 5 atom stereocenters. The minimum atomic E-state index is -4.95. The highest BCUT2D eigenvalue weighted by Crippen LogP contribution is 2.45. The maximum absolute atomic E-state index is 12.9. The lowest BCUT2D eigenvalue weighted by Crippen LogP contribution is -2.30. The van der Waals surface area contributed by atoms with Crippen molar-refractivity contribution in [3.05, 3.63) is 24.3 Å². The molecular weight excluding hydrogens is 1070 g/mol. The van der Waals surface area contributed by atoms with Gasteiger partial charge in [0, 0.05) is 25.7 Å². The van der Waals surface area contributed by atoms with Gasteiger partial charge in [-0.2, -0.15) is 0 Å². The minimum Gasteiger partial charge on any atom is -0.462 e. The van der Waals surface area contributed by atoms with Crippen molar-refractivity contribution in [2.45, 2.75) is 303 Å². The number of esters is 4. The second-order valence-corrected chi connectivity index (χ2v) is 24.3. The van der Waals surface area contributed by atoms with Gasteiger partial charge in [-0.1, -0.05) is 232 Å². The van der Waals surface area contributed by atoms with E-state index in [0.29, 0.717) is 25.7 Å². The first-order valence-electron chi connectivity index (χ1n) is 31.6. The molecule has 470 valence electrons. The summed E-state index contributed by atoms with van der Waals surface area (Å²) >= 11 is 0. The van der Waals surface area contributed by atoms with E-state index in [1.165, 1.54) is 89.9 Å². The molecule has 0 aliphatic rings. The van der Waals surface area contributed by atoms with E-state index in [1.807, 2.05) is 0 Å². The molecule has 0 aromatic rings. The molecule has 0 amide bonds. The summed E-state index contributed by atoms with van der Waals surface area (Å²) in [6.45, 7) is 4.73. The van der Waals surface area contributed by atoms with Crippen molar-refractivity contribution in [3.8, 4) is 0 Å². The number of aliphatic hydroxyl groups excluding tert-OH is 1. The molecule has 3 N–H and O–H groups in total. The smallest absolute Gasteiger partial charge is 0.462 e. The van der Waals surface area contributed by atoms with E-state index in [-0.39, 0.29) is 25.7 Å². The molecule has 0 rings (SSSR count). The zero-order chi connectivity index (χ0) is 59.1. The van der Waals surface area contributed by atoms with Gasteiger partial charge in [-0.25, -0.2) is 9.13 Å². The number of hydrogen-bond donors (Lipinski definition) is 3. The number of allylic oxidation sites excluding steroid dienone is 4. The average molecular weight is 1180 g/mol. The highest BCUT2D eigenvalue weighted by Gasteiger charge is 2.30. The van der Waals surface area contributed by atoms with E-state index in [1.54, 1.807) is 0 Å². The van der Waals surface area contributed by atoms with E-state index in [2.05, 4.69) is 52.0 Å². The van der Waals surface area contributed by atoms with Crippen LogP contribution in [0.4, 0.5) is 0 Å². The van der Waals surface area contributed by atoms with Crippen molar-refractivity contribution in [3.63, 3.8) is 0 Å². The number of rotatable bonds is 60. The van der Waals surface area contributed by atoms with Crippen LogP contribution < -0.4 is 0 Å². The molecule has 80 heavy (non-hydrogen) atoms. The molecule has 0 aromatic heterocycles. The predicted molar refractivity (Wildman–Crippen MR) is 317 cm³/mol. The third-order valence-corrected chi connectivity index (χ3v) is 15.4. The van der Waals surface area contributed by atoms with Crippen molar-refractivity contribution in [1.82, 2.24) is 0 Å². The first-order valence-corrected chi connectivity index (χ1v) is 34.6. The van der Waals surface area contributed by atoms with Crippen LogP contribution in [0.15, 0.2) is 24.3 Å². The topological polar surface area (TPSA) is 237 Å². The molecule has 0 bridgehead atoms. The molecule has 0 aromatic carbocycles. The molecule has 0 heterocycles. The lowest BCUT2D eigenvalue weighted by molar-refractivity contribution is -0.161. The summed E-state index contributed by atoms with van der Waals surface area (Å²) in [5.41, 5.74) is 0. The highest BCUT2D eigenvalue weighted by atomic mass is 31.2. The van der Waals surface area contributed by atoms with Gasteiger partial charge >= 0.3 is 39.5 Å².